The molecule has 0 saturated heterocycles. The van der Waals surface area contributed by atoms with Crippen molar-refractivity contribution < 1.29 is 14.3 Å². The molecule has 0 fully saturated rings. The van der Waals surface area contributed by atoms with Crippen LogP contribution in [0.3, 0.4) is 0 Å². The quantitative estimate of drug-likeness (QED) is 0.453. The van der Waals surface area contributed by atoms with Crippen LogP contribution in [0, 0.1) is 0 Å². The van der Waals surface area contributed by atoms with Crippen molar-refractivity contribution >= 4 is 28.2 Å². The Morgan fingerprint density at radius 2 is 1.93 bits per heavy atom. The van der Waals surface area contributed by atoms with Gasteiger partial charge in [0.05, 0.1) is 23.8 Å². The van der Waals surface area contributed by atoms with Gasteiger partial charge in [0.25, 0.3) is 5.56 Å². The lowest BCUT2D eigenvalue weighted by Gasteiger charge is -2.06. The minimum atomic E-state index is -0.594. The van der Waals surface area contributed by atoms with E-state index in [9.17, 15) is 9.59 Å². The largest absolute Gasteiger partial charge is 0.496 e. The molecule has 4 rings (SSSR count). The second kappa shape index (κ2) is 8.19. The van der Waals surface area contributed by atoms with Crippen LogP contribution in [0.15, 0.2) is 58.7 Å². The van der Waals surface area contributed by atoms with Crippen molar-refractivity contribution in [2.24, 2.45) is 0 Å². The number of thiazole rings is 1. The van der Waals surface area contributed by atoms with Crippen LogP contribution in [0.1, 0.15) is 5.69 Å². The number of para-hydroxylation sites is 1. The average Bonchev–Trinajstić information content (AvgIpc) is 3.23. The standard InChI is InChI=1S/C20H16N4O4S/c1-27-17-9-5-3-7-15(17)19-21-13(12-29-19)11-28-18(25)10-24-20(26)14-6-2-4-8-16(14)22-23-24/h2-9,12H,10-11H2,1H3. The molecule has 0 N–H and O–H groups in total. The molecule has 9 heteroatoms. The van der Waals surface area contributed by atoms with Crippen LogP contribution >= 0.6 is 11.3 Å². The van der Waals surface area contributed by atoms with E-state index >= 15 is 0 Å². The molecule has 0 radical (unpaired) electrons. The van der Waals surface area contributed by atoms with Gasteiger partial charge in [0.2, 0.25) is 0 Å². The summed E-state index contributed by atoms with van der Waals surface area (Å²) in [6.45, 7) is -0.319. The van der Waals surface area contributed by atoms with E-state index in [1.165, 1.54) is 11.3 Å². The molecule has 4 aromatic rings. The predicted octanol–water partition coefficient (Wildman–Crippen LogP) is 2.67. The molecule has 0 amide bonds. The summed E-state index contributed by atoms with van der Waals surface area (Å²) >= 11 is 1.43. The van der Waals surface area contributed by atoms with E-state index in [0.29, 0.717) is 16.6 Å². The molecule has 0 spiro atoms. The summed E-state index contributed by atoms with van der Waals surface area (Å²) < 4.78 is 11.6. The van der Waals surface area contributed by atoms with Crippen molar-refractivity contribution in [1.82, 2.24) is 20.0 Å². The van der Waals surface area contributed by atoms with E-state index in [4.69, 9.17) is 9.47 Å². The summed E-state index contributed by atoms with van der Waals surface area (Å²) in [5.74, 6) is 0.128. The lowest BCUT2D eigenvalue weighted by atomic mass is 10.2. The Bertz CT molecular complexity index is 1230. The summed E-state index contributed by atoms with van der Waals surface area (Å²) in [6.07, 6.45) is 0. The minimum Gasteiger partial charge on any atom is -0.496 e. The van der Waals surface area contributed by atoms with Gasteiger partial charge in [-0.05, 0) is 24.3 Å². The summed E-state index contributed by atoms with van der Waals surface area (Å²) in [6, 6.07) is 14.4. The zero-order valence-corrected chi connectivity index (χ0v) is 16.3. The summed E-state index contributed by atoms with van der Waals surface area (Å²) in [5, 5.41) is 10.7. The third kappa shape index (κ3) is 3.99. The van der Waals surface area contributed by atoms with Gasteiger partial charge < -0.3 is 9.47 Å². The van der Waals surface area contributed by atoms with E-state index in [-0.39, 0.29) is 18.7 Å². The SMILES string of the molecule is COc1ccccc1-c1nc(COC(=O)Cn2nnc3ccccc3c2=O)cs1. The van der Waals surface area contributed by atoms with Gasteiger partial charge in [0.15, 0.2) is 0 Å². The third-order valence-corrected chi connectivity index (χ3v) is 5.10. The molecule has 2 heterocycles. The molecular formula is C20H16N4O4S. The number of carbonyl (C=O) groups is 1. The number of methoxy groups -OCH3 is 1. The number of benzene rings is 2. The Balaban J connectivity index is 1.43. The third-order valence-electron chi connectivity index (χ3n) is 4.18. The van der Waals surface area contributed by atoms with Crippen molar-refractivity contribution in [3.63, 3.8) is 0 Å². The van der Waals surface area contributed by atoms with Gasteiger partial charge in [-0.2, -0.15) is 4.68 Å². The van der Waals surface area contributed by atoms with Crippen LogP contribution in [-0.2, 0) is 22.7 Å². The number of fused-ring (bicyclic) bond motifs is 1. The normalized spacial score (nSPS) is 10.8. The average molecular weight is 408 g/mol. The first-order valence-electron chi connectivity index (χ1n) is 8.71. The van der Waals surface area contributed by atoms with Gasteiger partial charge in [0, 0.05) is 5.38 Å². The van der Waals surface area contributed by atoms with Crippen LogP contribution < -0.4 is 10.3 Å². The lowest BCUT2D eigenvalue weighted by molar-refractivity contribution is -0.146. The number of hydrogen-bond donors (Lipinski definition) is 0. The predicted molar refractivity (Wildman–Crippen MR) is 108 cm³/mol. The van der Waals surface area contributed by atoms with Crippen LogP contribution in [0.5, 0.6) is 5.75 Å². The van der Waals surface area contributed by atoms with E-state index < -0.39 is 5.97 Å². The molecule has 0 bridgehead atoms. The molecular weight excluding hydrogens is 392 g/mol. The maximum Gasteiger partial charge on any atom is 0.328 e. The molecule has 0 aliphatic carbocycles. The molecule has 2 aromatic heterocycles. The number of esters is 1. The molecule has 8 nitrogen and oxygen atoms in total. The number of hydrogen-bond acceptors (Lipinski definition) is 8. The number of rotatable bonds is 6. The highest BCUT2D eigenvalue weighted by Gasteiger charge is 2.13. The fourth-order valence-electron chi connectivity index (χ4n) is 2.77. The van der Waals surface area contributed by atoms with Crippen molar-refractivity contribution in [2.75, 3.05) is 7.11 Å². The molecule has 0 aliphatic heterocycles. The van der Waals surface area contributed by atoms with Gasteiger partial charge in [-0.1, -0.05) is 29.5 Å². The number of ether oxygens (including phenoxy) is 2. The number of carbonyl (C=O) groups excluding carboxylic acids is 1. The molecule has 146 valence electrons. The van der Waals surface area contributed by atoms with E-state index in [0.717, 1.165) is 21.0 Å². The Morgan fingerprint density at radius 1 is 1.14 bits per heavy atom. The van der Waals surface area contributed by atoms with E-state index in [1.54, 1.807) is 31.4 Å². The van der Waals surface area contributed by atoms with Gasteiger partial charge in [-0.3, -0.25) is 9.59 Å². The zero-order chi connectivity index (χ0) is 20.2. The van der Waals surface area contributed by atoms with Gasteiger partial charge >= 0.3 is 5.97 Å². The van der Waals surface area contributed by atoms with Crippen LogP contribution in [0.4, 0.5) is 0 Å². The molecule has 0 atom stereocenters. The van der Waals surface area contributed by atoms with E-state index in [2.05, 4.69) is 15.3 Å². The van der Waals surface area contributed by atoms with Crippen LogP contribution in [0.2, 0.25) is 0 Å². The van der Waals surface area contributed by atoms with Crippen LogP contribution in [0.25, 0.3) is 21.5 Å². The smallest absolute Gasteiger partial charge is 0.328 e. The highest BCUT2D eigenvalue weighted by molar-refractivity contribution is 7.13. The van der Waals surface area contributed by atoms with Gasteiger partial charge in [0.1, 0.15) is 29.4 Å². The number of aromatic nitrogens is 4. The Labute approximate surface area is 169 Å². The lowest BCUT2D eigenvalue weighted by Crippen LogP contribution is -2.28. The first kappa shape index (κ1) is 18.8. The summed E-state index contributed by atoms with van der Waals surface area (Å²) in [4.78, 5) is 29.0. The fraction of sp³-hybridized carbons (Fsp3) is 0.150. The second-order valence-corrected chi connectivity index (χ2v) is 6.93. The zero-order valence-electron chi connectivity index (χ0n) is 15.4. The Morgan fingerprint density at radius 3 is 2.79 bits per heavy atom. The van der Waals surface area contributed by atoms with E-state index in [1.807, 2.05) is 29.6 Å². The van der Waals surface area contributed by atoms with Crippen LogP contribution in [-0.4, -0.2) is 33.1 Å². The highest BCUT2D eigenvalue weighted by atomic mass is 32.1. The molecule has 2 aromatic carbocycles. The summed E-state index contributed by atoms with van der Waals surface area (Å²) in [7, 11) is 1.60. The fourth-order valence-corrected chi connectivity index (χ4v) is 3.60. The summed E-state index contributed by atoms with van der Waals surface area (Å²) in [5.41, 5.74) is 1.57. The first-order chi connectivity index (χ1) is 14.2. The Hall–Kier alpha value is -3.59. The highest BCUT2D eigenvalue weighted by Crippen LogP contribution is 2.31. The van der Waals surface area contributed by atoms with Crippen molar-refractivity contribution in [1.29, 1.82) is 0 Å². The molecule has 0 aliphatic rings. The number of nitrogens with zero attached hydrogens (tertiary/aromatic N) is 4. The van der Waals surface area contributed by atoms with Crippen molar-refractivity contribution in [3.05, 3.63) is 70.0 Å². The van der Waals surface area contributed by atoms with Gasteiger partial charge in [-0.25, -0.2) is 4.98 Å². The minimum absolute atomic E-state index is 0.000241. The van der Waals surface area contributed by atoms with Crippen molar-refractivity contribution in [3.8, 4) is 16.3 Å². The molecule has 0 saturated carbocycles. The Kier molecular flexibility index (Phi) is 5.30. The molecule has 0 unspecified atom stereocenters. The maximum absolute atomic E-state index is 12.4. The second-order valence-electron chi connectivity index (χ2n) is 6.07. The molecule has 29 heavy (non-hydrogen) atoms. The van der Waals surface area contributed by atoms with Gasteiger partial charge in [-0.15, -0.1) is 16.4 Å². The monoisotopic (exact) mass is 408 g/mol. The van der Waals surface area contributed by atoms with Crippen molar-refractivity contribution in [2.45, 2.75) is 13.2 Å². The topological polar surface area (TPSA) is 96.2 Å². The first-order valence-corrected chi connectivity index (χ1v) is 9.59. The maximum atomic E-state index is 12.4.